The normalized spacial score (nSPS) is 12.4. The van der Waals surface area contributed by atoms with Crippen molar-refractivity contribution in [3.63, 3.8) is 0 Å². The van der Waals surface area contributed by atoms with E-state index in [1.54, 1.807) is 30.3 Å². The van der Waals surface area contributed by atoms with Crippen LogP contribution in [-0.2, 0) is 0 Å². The van der Waals surface area contributed by atoms with Gasteiger partial charge in [0, 0.05) is 55.8 Å². The molecule has 0 fully saturated rings. The van der Waals surface area contributed by atoms with Gasteiger partial charge in [-0.2, -0.15) is 0 Å². The molecule has 1 aliphatic carbocycles. The molecule has 0 bridgehead atoms. The van der Waals surface area contributed by atoms with Crippen LogP contribution in [0.1, 0.15) is 31.8 Å². The zero-order valence-corrected chi connectivity index (χ0v) is 22.6. The van der Waals surface area contributed by atoms with Crippen LogP contribution in [-0.4, -0.2) is 16.1 Å². The Hall–Kier alpha value is -5.74. The summed E-state index contributed by atoms with van der Waals surface area (Å²) in [4.78, 5) is 29.0. The van der Waals surface area contributed by atoms with Gasteiger partial charge in [-0.25, -0.2) is 0 Å². The van der Waals surface area contributed by atoms with Crippen LogP contribution in [0.5, 0.6) is 0 Å². The Bertz CT molecular complexity index is 2140. The molecular weight excluding hydrogens is 516 g/mol. The first-order valence-corrected chi connectivity index (χ1v) is 14.0. The van der Waals surface area contributed by atoms with Gasteiger partial charge in [0.05, 0.1) is 11.0 Å². The SMILES string of the molecule is O=C1c2ccccc2C(=O)c2cc(-n3c4ccccc4c4cc(N(c5ccccc5)c5ccccc5)ccc43)ccc21. The van der Waals surface area contributed by atoms with Crippen molar-refractivity contribution < 1.29 is 9.59 Å². The van der Waals surface area contributed by atoms with Crippen molar-refractivity contribution in [2.75, 3.05) is 4.90 Å². The standard InChI is InChI=1S/C38H24N2O2/c41-37-30-16-7-8-17-31(30)38(42)34-24-28(19-21-32(34)37)40-35-18-10-9-15-29(35)33-23-27(20-22-36(33)40)39(25-11-3-1-4-12-25)26-13-5-2-6-14-26/h1-24H. The molecule has 0 spiro atoms. The fraction of sp³-hybridized carbons (Fsp3) is 0. The first-order valence-electron chi connectivity index (χ1n) is 14.0. The summed E-state index contributed by atoms with van der Waals surface area (Å²) in [6.07, 6.45) is 0. The van der Waals surface area contributed by atoms with E-state index in [0.29, 0.717) is 22.3 Å². The number of ketones is 2. The van der Waals surface area contributed by atoms with E-state index in [1.165, 1.54) is 0 Å². The second-order valence-electron chi connectivity index (χ2n) is 10.5. The predicted octanol–water partition coefficient (Wildman–Crippen LogP) is 9.03. The summed E-state index contributed by atoms with van der Waals surface area (Å²) < 4.78 is 2.18. The molecule has 0 unspecified atom stereocenters. The first kappa shape index (κ1) is 24.1. The number of rotatable bonds is 4. The number of para-hydroxylation sites is 3. The van der Waals surface area contributed by atoms with E-state index in [9.17, 15) is 9.59 Å². The molecule has 0 saturated carbocycles. The Kier molecular flexibility index (Phi) is 5.41. The largest absolute Gasteiger partial charge is 0.310 e. The Balaban J connectivity index is 1.33. The molecule has 0 amide bonds. The van der Waals surface area contributed by atoms with Gasteiger partial charge in [0.15, 0.2) is 11.6 Å². The molecule has 6 aromatic carbocycles. The number of carbonyl (C=O) groups excluding carboxylic acids is 2. The molecule has 7 aromatic rings. The van der Waals surface area contributed by atoms with Crippen molar-refractivity contribution in [3.05, 3.63) is 168 Å². The summed E-state index contributed by atoms with van der Waals surface area (Å²) in [5.74, 6) is -0.230. The van der Waals surface area contributed by atoms with Crippen LogP contribution in [0, 0.1) is 0 Å². The molecule has 0 N–H and O–H groups in total. The lowest BCUT2D eigenvalue weighted by Crippen LogP contribution is -2.21. The van der Waals surface area contributed by atoms with Crippen LogP contribution in [0.25, 0.3) is 27.5 Å². The Morgan fingerprint density at radius 1 is 0.405 bits per heavy atom. The topological polar surface area (TPSA) is 42.3 Å². The van der Waals surface area contributed by atoms with Gasteiger partial charge in [-0.15, -0.1) is 0 Å². The quantitative estimate of drug-likeness (QED) is 0.224. The van der Waals surface area contributed by atoms with E-state index >= 15 is 0 Å². The van der Waals surface area contributed by atoms with Gasteiger partial charge in [0.25, 0.3) is 0 Å². The lowest BCUT2D eigenvalue weighted by Gasteiger charge is -2.25. The molecule has 8 rings (SSSR count). The molecule has 4 heteroatoms. The second-order valence-corrected chi connectivity index (χ2v) is 10.5. The molecule has 1 heterocycles. The highest BCUT2D eigenvalue weighted by atomic mass is 16.1. The Labute approximate surface area is 242 Å². The number of fused-ring (bicyclic) bond motifs is 5. The van der Waals surface area contributed by atoms with E-state index in [0.717, 1.165) is 44.6 Å². The van der Waals surface area contributed by atoms with Crippen LogP contribution in [0.2, 0.25) is 0 Å². The van der Waals surface area contributed by atoms with E-state index in [1.807, 2.05) is 30.3 Å². The summed E-state index contributed by atoms with van der Waals surface area (Å²) in [6.45, 7) is 0. The van der Waals surface area contributed by atoms with Crippen molar-refractivity contribution in [2.24, 2.45) is 0 Å². The number of nitrogens with zero attached hydrogens (tertiary/aromatic N) is 2. The van der Waals surface area contributed by atoms with Gasteiger partial charge in [-0.05, 0) is 66.7 Å². The van der Waals surface area contributed by atoms with Crippen molar-refractivity contribution in [1.82, 2.24) is 4.57 Å². The van der Waals surface area contributed by atoms with Crippen LogP contribution >= 0.6 is 0 Å². The molecule has 198 valence electrons. The monoisotopic (exact) mass is 540 g/mol. The third-order valence-corrected chi connectivity index (χ3v) is 8.11. The van der Waals surface area contributed by atoms with Crippen LogP contribution in [0.4, 0.5) is 17.1 Å². The fourth-order valence-corrected chi connectivity index (χ4v) is 6.21. The van der Waals surface area contributed by atoms with Crippen molar-refractivity contribution in [1.29, 1.82) is 0 Å². The van der Waals surface area contributed by atoms with E-state index in [4.69, 9.17) is 0 Å². The maximum absolute atomic E-state index is 13.5. The molecule has 0 aliphatic heterocycles. The smallest absolute Gasteiger partial charge is 0.194 e. The summed E-state index contributed by atoms with van der Waals surface area (Å²) in [5, 5.41) is 2.21. The zero-order chi connectivity index (χ0) is 28.2. The highest BCUT2D eigenvalue weighted by Crippen LogP contribution is 2.40. The van der Waals surface area contributed by atoms with Crippen LogP contribution < -0.4 is 4.90 Å². The molecule has 1 aromatic heterocycles. The third-order valence-electron chi connectivity index (χ3n) is 8.11. The summed E-state index contributed by atoms with van der Waals surface area (Å²) in [5.41, 5.74) is 7.91. The maximum atomic E-state index is 13.5. The number of anilines is 3. The molecule has 0 atom stereocenters. The summed E-state index contributed by atoms with van der Waals surface area (Å²) in [6, 6.07) is 48.2. The van der Waals surface area contributed by atoms with Gasteiger partial charge in [-0.3, -0.25) is 9.59 Å². The minimum Gasteiger partial charge on any atom is -0.310 e. The van der Waals surface area contributed by atoms with Crippen molar-refractivity contribution >= 4 is 50.4 Å². The number of hydrogen-bond donors (Lipinski definition) is 0. The molecular formula is C38H24N2O2. The number of benzene rings is 6. The van der Waals surface area contributed by atoms with E-state index in [-0.39, 0.29) is 11.6 Å². The average molecular weight is 541 g/mol. The average Bonchev–Trinajstić information content (AvgIpc) is 3.38. The lowest BCUT2D eigenvalue weighted by atomic mass is 9.84. The lowest BCUT2D eigenvalue weighted by molar-refractivity contribution is 0.0979. The Morgan fingerprint density at radius 3 is 1.64 bits per heavy atom. The molecule has 4 nitrogen and oxygen atoms in total. The first-order chi connectivity index (χ1) is 20.7. The zero-order valence-electron chi connectivity index (χ0n) is 22.6. The molecule has 1 aliphatic rings. The van der Waals surface area contributed by atoms with Crippen LogP contribution in [0.3, 0.4) is 0 Å². The van der Waals surface area contributed by atoms with Crippen LogP contribution in [0.15, 0.2) is 146 Å². The number of aromatic nitrogens is 1. The second kappa shape index (κ2) is 9.43. The summed E-state index contributed by atoms with van der Waals surface area (Å²) in [7, 11) is 0. The highest BCUT2D eigenvalue weighted by Gasteiger charge is 2.30. The molecule has 0 radical (unpaired) electrons. The number of hydrogen-bond acceptors (Lipinski definition) is 3. The molecule has 0 saturated heterocycles. The number of carbonyl (C=O) groups is 2. The van der Waals surface area contributed by atoms with Gasteiger partial charge in [0.1, 0.15) is 0 Å². The van der Waals surface area contributed by atoms with Crippen molar-refractivity contribution in [2.45, 2.75) is 0 Å². The van der Waals surface area contributed by atoms with Gasteiger partial charge >= 0.3 is 0 Å². The minimum atomic E-state index is -0.119. The molecule has 42 heavy (non-hydrogen) atoms. The fourth-order valence-electron chi connectivity index (χ4n) is 6.21. The highest BCUT2D eigenvalue weighted by molar-refractivity contribution is 6.28. The van der Waals surface area contributed by atoms with Gasteiger partial charge < -0.3 is 9.47 Å². The van der Waals surface area contributed by atoms with Gasteiger partial charge in [-0.1, -0.05) is 78.9 Å². The maximum Gasteiger partial charge on any atom is 0.194 e. The summed E-state index contributed by atoms with van der Waals surface area (Å²) >= 11 is 0. The Morgan fingerprint density at radius 2 is 0.952 bits per heavy atom. The third kappa shape index (κ3) is 3.62. The minimum absolute atomic E-state index is 0.111. The van der Waals surface area contributed by atoms with Crippen molar-refractivity contribution in [3.8, 4) is 5.69 Å². The van der Waals surface area contributed by atoms with E-state index in [2.05, 4.69) is 94.4 Å². The van der Waals surface area contributed by atoms with E-state index < -0.39 is 0 Å². The van der Waals surface area contributed by atoms with Gasteiger partial charge in [0.2, 0.25) is 0 Å². The predicted molar refractivity (Wildman–Crippen MR) is 169 cm³/mol.